The van der Waals surface area contributed by atoms with E-state index in [1.54, 1.807) is 19.1 Å². The highest BCUT2D eigenvalue weighted by atomic mass is 35.5. The van der Waals surface area contributed by atoms with Gasteiger partial charge < -0.3 is 4.52 Å². The monoisotopic (exact) mass is 334 g/mol. The Labute approximate surface area is 126 Å². The van der Waals surface area contributed by atoms with Gasteiger partial charge in [-0.3, -0.25) is 0 Å². The van der Waals surface area contributed by atoms with Gasteiger partial charge in [-0.2, -0.15) is 4.98 Å². The lowest BCUT2D eigenvalue weighted by molar-refractivity contribution is 0.373. The lowest BCUT2D eigenvalue weighted by atomic mass is 10.2. The first-order valence-corrected chi connectivity index (χ1v) is 8.22. The molecule has 0 saturated heterocycles. The number of nitrogens with zero attached hydrogens (tertiary/aromatic N) is 2. The molecule has 8 heteroatoms. The van der Waals surface area contributed by atoms with Crippen LogP contribution in [0.15, 0.2) is 22.7 Å². The minimum Gasteiger partial charge on any atom is -0.338 e. The zero-order valence-corrected chi connectivity index (χ0v) is 13.1. The van der Waals surface area contributed by atoms with Crippen LogP contribution in [0.25, 0.3) is 0 Å². The zero-order chi connectivity index (χ0) is 14.9. The summed E-state index contributed by atoms with van der Waals surface area (Å²) in [5, 5.41) is 3.42. The largest absolute Gasteiger partial charge is 0.338 e. The molecule has 0 amide bonds. The molecule has 5 nitrogen and oxygen atoms in total. The van der Waals surface area contributed by atoms with Crippen molar-refractivity contribution in [1.82, 2.24) is 10.1 Å². The Bertz CT molecular complexity index is 728. The molecule has 1 aromatic heterocycles. The first-order valence-electron chi connectivity index (χ1n) is 5.75. The Hall–Kier alpha value is -1.11. The molecule has 0 unspecified atom stereocenters. The van der Waals surface area contributed by atoms with Crippen molar-refractivity contribution in [2.45, 2.75) is 24.9 Å². The van der Waals surface area contributed by atoms with Gasteiger partial charge in [-0.25, -0.2) is 8.42 Å². The number of sulfone groups is 1. The van der Waals surface area contributed by atoms with Crippen molar-refractivity contribution in [3.8, 4) is 0 Å². The number of hydrogen-bond donors (Lipinski definition) is 0. The van der Waals surface area contributed by atoms with Gasteiger partial charge in [0.15, 0.2) is 15.7 Å². The van der Waals surface area contributed by atoms with E-state index >= 15 is 0 Å². The number of hydrogen-bond acceptors (Lipinski definition) is 5. The predicted molar refractivity (Wildman–Crippen MR) is 76.5 cm³/mol. The Morgan fingerprint density at radius 1 is 1.30 bits per heavy atom. The fourth-order valence-corrected chi connectivity index (χ4v) is 3.24. The molecule has 1 heterocycles. The highest BCUT2D eigenvalue weighted by Crippen LogP contribution is 2.27. The third kappa shape index (κ3) is 3.31. The van der Waals surface area contributed by atoms with E-state index in [4.69, 9.17) is 27.7 Å². The summed E-state index contributed by atoms with van der Waals surface area (Å²) in [5.74, 6) is 0.311. The van der Waals surface area contributed by atoms with Gasteiger partial charge in [-0.15, -0.1) is 0 Å². The van der Waals surface area contributed by atoms with Crippen molar-refractivity contribution in [1.29, 1.82) is 0 Å². The summed E-state index contributed by atoms with van der Waals surface area (Å²) in [5.41, 5.74) is 0.558. The average Bonchev–Trinajstić information content (AvgIpc) is 2.79. The molecular weight excluding hydrogens is 323 g/mol. The minimum absolute atomic E-state index is 0.0857. The first-order chi connectivity index (χ1) is 9.29. The molecule has 2 aromatic rings. The van der Waals surface area contributed by atoms with Crippen LogP contribution in [-0.2, 0) is 15.6 Å². The van der Waals surface area contributed by atoms with Crippen molar-refractivity contribution in [3.05, 3.63) is 45.5 Å². The van der Waals surface area contributed by atoms with Gasteiger partial charge in [-0.1, -0.05) is 34.4 Å². The average molecular weight is 335 g/mol. The molecule has 108 valence electrons. The molecule has 20 heavy (non-hydrogen) atoms. The number of aryl methyl sites for hydroxylation is 1. The molecule has 0 radical (unpaired) electrons. The van der Waals surface area contributed by atoms with Crippen LogP contribution < -0.4 is 0 Å². The molecule has 0 spiro atoms. The summed E-state index contributed by atoms with van der Waals surface area (Å²) in [4.78, 5) is 3.95. The van der Waals surface area contributed by atoms with Crippen LogP contribution in [0, 0.1) is 6.92 Å². The Kier molecular flexibility index (Phi) is 4.36. The Balaban J connectivity index is 2.24. The summed E-state index contributed by atoms with van der Waals surface area (Å²) in [6, 6.07) is 4.72. The van der Waals surface area contributed by atoms with Crippen molar-refractivity contribution in [2.24, 2.45) is 0 Å². The van der Waals surface area contributed by atoms with E-state index in [-0.39, 0.29) is 11.6 Å². The molecule has 0 aliphatic carbocycles. The van der Waals surface area contributed by atoms with Crippen molar-refractivity contribution in [2.75, 3.05) is 0 Å². The Morgan fingerprint density at radius 2 is 2.00 bits per heavy atom. The standard InChI is InChI=1S/C12H12Cl2N2O3S/c1-7(12-15-8(2)16-19-12)20(17,18)6-9-3-4-10(13)11(14)5-9/h3-5,7H,6H2,1-2H3/t7-/m1/s1. The maximum absolute atomic E-state index is 12.3. The molecule has 0 aliphatic rings. The minimum atomic E-state index is -3.48. The van der Waals surface area contributed by atoms with Crippen LogP contribution in [0.1, 0.15) is 29.5 Å². The van der Waals surface area contributed by atoms with Gasteiger partial charge in [-0.05, 0) is 31.5 Å². The molecular formula is C12H12Cl2N2O3S. The molecule has 2 rings (SSSR count). The lowest BCUT2D eigenvalue weighted by Crippen LogP contribution is -2.13. The van der Waals surface area contributed by atoms with Crippen LogP contribution in [0.5, 0.6) is 0 Å². The highest BCUT2D eigenvalue weighted by molar-refractivity contribution is 7.90. The lowest BCUT2D eigenvalue weighted by Gasteiger charge is -2.09. The summed E-state index contributed by atoms with van der Waals surface area (Å²) >= 11 is 11.7. The molecule has 0 saturated carbocycles. The van der Waals surface area contributed by atoms with Crippen molar-refractivity contribution in [3.63, 3.8) is 0 Å². The first kappa shape index (κ1) is 15.3. The third-order valence-corrected chi connectivity index (χ3v) is 5.54. The summed E-state index contributed by atoms with van der Waals surface area (Å²) in [6.45, 7) is 3.14. The number of halogens is 2. The van der Waals surface area contributed by atoms with E-state index in [9.17, 15) is 8.42 Å². The van der Waals surface area contributed by atoms with Gasteiger partial charge in [0.05, 0.1) is 15.8 Å². The predicted octanol–water partition coefficient (Wildman–Crippen LogP) is 3.36. The van der Waals surface area contributed by atoms with Gasteiger partial charge in [0.25, 0.3) is 0 Å². The van der Waals surface area contributed by atoms with Gasteiger partial charge in [0, 0.05) is 0 Å². The third-order valence-electron chi connectivity index (χ3n) is 2.78. The molecule has 1 aromatic carbocycles. The second-order valence-electron chi connectivity index (χ2n) is 4.38. The quantitative estimate of drug-likeness (QED) is 0.856. The fraction of sp³-hybridized carbons (Fsp3) is 0.333. The maximum Gasteiger partial charge on any atom is 0.244 e. The van der Waals surface area contributed by atoms with E-state index < -0.39 is 15.1 Å². The fourth-order valence-electron chi connectivity index (χ4n) is 1.62. The SMILES string of the molecule is Cc1noc([C@@H](C)S(=O)(=O)Cc2ccc(Cl)c(Cl)c2)n1. The van der Waals surface area contributed by atoms with Crippen LogP contribution in [0.4, 0.5) is 0 Å². The van der Waals surface area contributed by atoms with E-state index in [0.717, 1.165) is 0 Å². The molecule has 0 aliphatic heterocycles. The Morgan fingerprint density at radius 3 is 2.55 bits per heavy atom. The van der Waals surface area contributed by atoms with Gasteiger partial charge in [0.1, 0.15) is 5.25 Å². The summed E-state index contributed by atoms with van der Waals surface area (Å²) < 4.78 is 29.5. The molecule has 0 N–H and O–H groups in total. The second kappa shape index (κ2) is 5.71. The van der Waals surface area contributed by atoms with Crippen LogP contribution in [0.2, 0.25) is 10.0 Å². The molecule has 0 fully saturated rings. The number of rotatable bonds is 4. The molecule has 1 atom stereocenters. The zero-order valence-electron chi connectivity index (χ0n) is 10.8. The number of aromatic nitrogens is 2. The maximum atomic E-state index is 12.3. The van der Waals surface area contributed by atoms with Crippen molar-refractivity contribution < 1.29 is 12.9 Å². The molecule has 0 bridgehead atoms. The van der Waals surface area contributed by atoms with Crippen molar-refractivity contribution >= 4 is 33.0 Å². The van der Waals surface area contributed by atoms with Gasteiger partial charge >= 0.3 is 0 Å². The second-order valence-corrected chi connectivity index (χ2v) is 7.51. The van der Waals surface area contributed by atoms with Crippen LogP contribution >= 0.6 is 23.2 Å². The number of benzene rings is 1. The van der Waals surface area contributed by atoms with Crippen LogP contribution in [-0.4, -0.2) is 18.6 Å². The van der Waals surface area contributed by atoms with E-state index in [2.05, 4.69) is 10.1 Å². The highest BCUT2D eigenvalue weighted by Gasteiger charge is 2.28. The van der Waals surface area contributed by atoms with E-state index in [1.165, 1.54) is 13.0 Å². The van der Waals surface area contributed by atoms with E-state index in [1.807, 2.05) is 0 Å². The van der Waals surface area contributed by atoms with Gasteiger partial charge in [0.2, 0.25) is 5.89 Å². The normalized spacial score (nSPS) is 13.4. The van der Waals surface area contributed by atoms with E-state index in [0.29, 0.717) is 21.4 Å². The topological polar surface area (TPSA) is 73.1 Å². The van der Waals surface area contributed by atoms with Crippen LogP contribution in [0.3, 0.4) is 0 Å². The summed E-state index contributed by atoms with van der Waals surface area (Å²) in [6.07, 6.45) is 0. The summed E-state index contributed by atoms with van der Waals surface area (Å²) in [7, 11) is -3.48. The smallest absolute Gasteiger partial charge is 0.244 e.